The van der Waals surface area contributed by atoms with Crippen LogP contribution in [0.25, 0.3) is 44.6 Å². The molecule has 1 amide bonds. The number of piperidine rings is 2. The molecule has 2 fully saturated rings. The second-order valence-electron chi connectivity index (χ2n) is 15.1. The van der Waals surface area contributed by atoms with Crippen LogP contribution in [0.2, 0.25) is 0 Å². The van der Waals surface area contributed by atoms with Crippen LogP contribution < -0.4 is 20.9 Å². The number of phenolic OH excluding ortho intramolecular Hbond substituents is 2. The number of alkyl carbamates (subject to hydrolysis) is 1. The maximum atomic E-state index is 11.7. The highest BCUT2D eigenvalue weighted by Gasteiger charge is 2.26. The number of nitrogens with one attached hydrogen (secondary N) is 1. The zero-order valence-electron chi connectivity index (χ0n) is 33.0. The zero-order valence-corrected chi connectivity index (χ0v) is 33.0. The highest BCUT2D eigenvalue weighted by molar-refractivity contribution is 5.93. The first kappa shape index (κ1) is 39.2. The maximum absolute atomic E-state index is 11.7. The van der Waals surface area contributed by atoms with Gasteiger partial charge < -0.3 is 35.8 Å². The van der Waals surface area contributed by atoms with E-state index < -0.39 is 0 Å². The van der Waals surface area contributed by atoms with Crippen LogP contribution >= 0.6 is 0 Å². The predicted molar refractivity (Wildman–Crippen MR) is 227 cm³/mol. The van der Waals surface area contributed by atoms with Gasteiger partial charge in [-0.25, -0.2) is 24.7 Å². The van der Waals surface area contributed by atoms with Crippen LogP contribution in [-0.2, 0) is 4.74 Å². The van der Waals surface area contributed by atoms with Crippen molar-refractivity contribution in [2.45, 2.75) is 46.5 Å². The van der Waals surface area contributed by atoms with Crippen LogP contribution in [0.5, 0.6) is 11.5 Å². The van der Waals surface area contributed by atoms with Crippen LogP contribution in [0.15, 0.2) is 84.9 Å². The summed E-state index contributed by atoms with van der Waals surface area (Å²) in [6.07, 6.45) is 3.96. The number of para-hydroxylation sites is 2. The van der Waals surface area contributed by atoms with E-state index in [4.69, 9.17) is 30.4 Å². The fourth-order valence-electron chi connectivity index (χ4n) is 7.78. The number of benzene rings is 4. The van der Waals surface area contributed by atoms with Gasteiger partial charge in [-0.05, 0) is 124 Å². The number of rotatable bonds is 8. The Labute approximate surface area is 333 Å². The molecule has 4 aromatic carbocycles. The number of ether oxygens (including phenoxy) is 1. The number of hydrogen-bond acceptors (Lipinski definition) is 11. The predicted octanol–water partition coefficient (Wildman–Crippen LogP) is 7.76. The molecule has 2 aromatic heterocycles. The largest absolute Gasteiger partial charge is 0.507 e. The molecule has 8 rings (SSSR count). The summed E-state index contributed by atoms with van der Waals surface area (Å²) in [5, 5.41) is 25.5. The molecule has 296 valence electrons. The van der Waals surface area contributed by atoms with Crippen molar-refractivity contribution < 1.29 is 19.7 Å². The van der Waals surface area contributed by atoms with Crippen molar-refractivity contribution in [2.24, 2.45) is 17.6 Å². The van der Waals surface area contributed by atoms with Crippen molar-refractivity contribution in [3.05, 3.63) is 96.1 Å². The van der Waals surface area contributed by atoms with E-state index in [0.717, 1.165) is 90.0 Å². The van der Waals surface area contributed by atoms with Crippen molar-refractivity contribution in [3.63, 3.8) is 0 Å². The number of carbonyl (C=O) groups is 1. The third kappa shape index (κ3) is 9.18. The molecule has 6 aromatic rings. The lowest BCUT2D eigenvalue weighted by atomic mass is 9.97. The Hall–Kier alpha value is -6.01. The summed E-state index contributed by atoms with van der Waals surface area (Å²) in [6, 6.07) is 26.8. The van der Waals surface area contributed by atoms with E-state index >= 15 is 0 Å². The van der Waals surface area contributed by atoms with E-state index in [1.807, 2.05) is 37.3 Å². The molecular formula is C45H52N8O4. The highest BCUT2D eigenvalue weighted by Crippen LogP contribution is 2.35. The molecule has 0 saturated carbocycles. The molecule has 2 unspecified atom stereocenters. The monoisotopic (exact) mass is 768 g/mol. The van der Waals surface area contributed by atoms with E-state index in [1.54, 1.807) is 31.2 Å². The number of carbonyl (C=O) groups excluding carboxylic acids is 1. The number of hydrogen-bond donors (Lipinski definition) is 4. The van der Waals surface area contributed by atoms with Gasteiger partial charge in [0, 0.05) is 43.5 Å². The molecule has 2 aliphatic heterocycles. The molecule has 5 N–H and O–H groups in total. The number of nitrogens with two attached hydrogens (primary N) is 1. The molecule has 4 heterocycles. The smallest absolute Gasteiger partial charge is 0.407 e. The van der Waals surface area contributed by atoms with E-state index in [1.165, 1.54) is 6.42 Å². The summed E-state index contributed by atoms with van der Waals surface area (Å²) in [4.78, 5) is 35.5. The Morgan fingerprint density at radius 2 is 1.23 bits per heavy atom. The third-order valence-electron chi connectivity index (χ3n) is 10.7. The van der Waals surface area contributed by atoms with Gasteiger partial charge in [-0.1, -0.05) is 36.4 Å². The first-order chi connectivity index (χ1) is 27.7. The minimum absolute atomic E-state index is 0.163. The van der Waals surface area contributed by atoms with E-state index in [-0.39, 0.29) is 17.6 Å². The zero-order chi connectivity index (χ0) is 39.9. The number of nitrogens with zero attached hydrogens (tertiary/aromatic N) is 6. The summed E-state index contributed by atoms with van der Waals surface area (Å²) in [5.41, 5.74) is 11.2. The molecule has 57 heavy (non-hydrogen) atoms. The summed E-state index contributed by atoms with van der Waals surface area (Å²) in [5.74, 6) is 4.04. The lowest BCUT2D eigenvalue weighted by molar-refractivity contribution is 0.150. The molecule has 0 spiro atoms. The number of phenols is 2. The number of aromatic hydroxyl groups is 2. The molecular weight excluding hydrogens is 717 g/mol. The number of anilines is 2. The van der Waals surface area contributed by atoms with Gasteiger partial charge in [0.25, 0.3) is 0 Å². The quantitative estimate of drug-likeness (QED) is 0.120. The first-order valence-electron chi connectivity index (χ1n) is 19.9. The number of amides is 1. The third-order valence-corrected chi connectivity index (χ3v) is 10.7. The summed E-state index contributed by atoms with van der Waals surface area (Å²) < 4.78 is 4.98. The number of fused-ring (bicyclic) bond motifs is 2. The summed E-state index contributed by atoms with van der Waals surface area (Å²) in [7, 11) is 0. The van der Waals surface area contributed by atoms with Gasteiger partial charge in [-0.2, -0.15) is 0 Å². The van der Waals surface area contributed by atoms with E-state index in [9.17, 15) is 15.0 Å². The normalized spacial score (nSPS) is 16.9. The molecule has 12 heteroatoms. The highest BCUT2D eigenvalue weighted by atomic mass is 16.5. The Kier molecular flexibility index (Phi) is 12.3. The summed E-state index contributed by atoms with van der Waals surface area (Å²) >= 11 is 0. The molecule has 2 atom stereocenters. The summed E-state index contributed by atoms with van der Waals surface area (Å²) in [6.45, 7) is 11.1. The molecule has 12 nitrogen and oxygen atoms in total. The molecule has 0 aliphatic carbocycles. The lowest BCUT2D eigenvalue weighted by Crippen LogP contribution is -2.41. The van der Waals surface area contributed by atoms with Crippen LogP contribution in [0.1, 0.15) is 43.7 Å². The van der Waals surface area contributed by atoms with Crippen molar-refractivity contribution in [1.82, 2.24) is 25.3 Å². The van der Waals surface area contributed by atoms with Crippen molar-refractivity contribution >= 4 is 39.5 Å². The minimum atomic E-state index is -0.371. The molecule has 2 saturated heterocycles. The minimum Gasteiger partial charge on any atom is -0.507 e. The van der Waals surface area contributed by atoms with Gasteiger partial charge in [-0.15, -0.1) is 0 Å². The van der Waals surface area contributed by atoms with Gasteiger partial charge in [-0.3, -0.25) is 0 Å². The Balaban J connectivity index is 0.000000177. The average Bonchev–Trinajstić information content (AvgIpc) is 3.22. The SMILES string of the molecule is CCOC(=O)NCC1CCCN(c2nc(-c3ccccc3O)nc3cc(C)ccc23)C1.Cc1ccc2c(N3CCCC(CN)C3)nc(-c3ccccc3O)nc2c1. The second-order valence-corrected chi connectivity index (χ2v) is 15.1. The fraction of sp³-hybridized carbons (Fsp3) is 0.356. The van der Waals surface area contributed by atoms with Crippen LogP contribution in [0, 0.1) is 25.7 Å². The van der Waals surface area contributed by atoms with Gasteiger partial charge >= 0.3 is 6.09 Å². The van der Waals surface area contributed by atoms with Gasteiger partial charge in [0.1, 0.15) is 23.1 Å². The van der Waals surface area contributed by atoms with Gasteiger partial charge in [0.05, 0.1) is 28.8 Å². The topological polar surface area (TPSA) is 163 Å². The van der Waals surface area contributed by atoms with Crippen LogP contribution in [0.3, 0.4) is 0 Å². The van der Waals surface area contributed by atoms with E-state index in [0.29, 0.717) is 54.3 Å². The number of aromatic nitrogens is 4. The van der Waals surface area contributed by atoms with Gasteiger partial charge in [0.15, 0.2) is 11.6 Å². The van der Waals surface area contributed by atoms with E-state index in [2.05, 4.69) is 52.4 Å². The Morgan fingerprint density at radius 3 is 1.72 bits per heavy atom. The first-order valence-corrected chi connectivity index (χ1v) is 19.9. The second kappa shape index (κ2) is 17.8. The molecule has 2 aliphatic rings. The number of aryl methyl sites for hydroxylation is 2. The van der Waals surface area contributed by atoms with Crippen molar-refractivity contribution in [1.29, 1.82) is 0 Å². The Morgan fingerprint density at radius 1 is 0.737 bits per heavy atom. The van der Waals surface area contributed by atoms with Crippen LogP contribution in [-0.4, -0.2) is 82.1 Å². The lowest BCUT2D eigenvalue weighted by Gasteiger charge is -2.34. The van der Waals surface area contributed by atoms with Crippen molar-refractivity contribution in [3.8, 4) is 34.3 Å². The van der Waals surface area contributed by atoms with Crippen molar-refractivity contribution in [2.75, 3.05) is 55.7 Å². The maximum Gasteiger partial charge on any atom is 0.407 e. The van der Waals surface area contributed by atoms with Gasteiger partial charge in [0.2, 0.25) is 0 Å². The molecule has 0 radical (unpaired) electrons. The van der Waals surface area contributed by atoms with Crippen LogP contribution in [0.4, 0.5) is 16.4 Å². The Bertz CT molecular complexity index is 2350. The average molecular weight is 769 g/mol. The fourth-order valence-corrected chi connectivity index (χ4v) is 7.78. The standard InChI is InChI=1S/C24H28N4O3.C21H24N4O/c1-3-31-24(30)25-14-17-7-6-12-28(15-17)23-18-11-10-16(2)13-20(18)26-22(27-23)19-8-4-5-9-21(19)29;1-14-8-9-16-18(11-14)23-20(17-6-2-3-7-19(17)26)24-21(16)25-10-4-5-15(12-22)13-25/h4-5,8-11,13,17,29H,3,6-7,12,14-15H2,1-2H3,(H,25,30);2-3,6-9,11,15,26H,4-5,10,12-13,22H2,1H3. The molecule has 0 bridgehead atoms.